The van der Waals surface area contributed by atoms with E-state index in [-0.39, 0.29) is 0 Å². The Bertz CT molecular complexity index is 934. The number of hydrogen-bond acceptors (Lipinski definition) is 6. The number of benzene rings is 2. The molecule has 0 spiro atoms. The fraction of sp³-hybridized carbons (Fsp3) is 0.143. The van der Waals surface area contributed by atoms with Gasteiger partial charge in [0.2, 0.25) is 0 Å². The van der Waals surface area contributed by atoms with Crippen LogP contribution in [-0.2, 0) is 21.7 Å². The Morgan fingerprint density at radius 3 is 2.56 bits per heavy atom. The van der Waals surface area contributed by atoms with Gasteiger partial charge in [-0.15, -0.1) is 0 Å². The SMILES string of the molecule is COC(=O)C(C#N)(Oc1ccccc1)c1cccc(OCc2ccsc2)c1. The first kappa shape index (κ1) is 18.5. The Kier molecular flexibility index (Phi) is 5.74. The summed E-state index contributed by atoms with van der Waals surface area (Å²) < 4.78 is 16.5. The van der Waals surface area contributed by atoms with Gasteiger partial charge in [0.1, 0.15) is 24.2 Å². The minimum absolute atomic E-state index is 0.337. The lowest BCUT2D eigenvalue weighted by Crippen LogP contribution is -2.41. The van der Waals surface area contributed by atoms with Crippen molar-refractivity contribution < 1.29 is 19.0 Å². The van der Waals surface area contributed by atoms with Gasteiger partial charge in [0.25, 0.3) is 0 Å². The molecule has 136 valence electrons. The van der Waals surface area contributed by atoms with Crippen molar-refractivity contribution >= 4 is 17.3 Å². The summed E-state index contributed by atoms with van der Waals surface area (Å²) in [6.45, 7) is 0.393. The molecule has 1 unspecified atom stereocenters. The molecule has 5 nitrogen and oxygen atoms in total. The number of ether oxygens (including phenoxy) is 3. The van der Waals surface area contributed by atoms with Gasteiger partial charge in [-0.2, -0.15) is 16.6 Å². The van der Waals surface area contributed by atoms with Crippen molar-refractivity contribution in [2.24, 2.45) is 0 Å². The number of carbonyl (C=O) groups excluding carboxylic acids is 1. The van der Waals surface area contributed by atoms with Crippen LogP contribution in [0.3, 0.4) is 0 Å². The molecule has 0 saturated heterocycles. The van der Waals surface area contributed by atoms with Gasteiger partial charge < -0.3 is 14.2 Å². The van der Waals surface area contributed by atoms with E-state index in [1.807, 2.05) is 29.0 Å². The predicted molar refractivity (Wildman–Crippen MR) is 101 cm³/mol. The molecule has 0 amide bonds. The van der Waals surface area contributed by atoms with Gasteiger partial charge in [-0.3, -0.25) is 0 Å². The van der Waals surface area contributed by atoms with Crippen LogP contribution in [0.1, 0.15) is 11.1 Å². The van der Waals surface area contributed by atoms with Gasteiger partial charge >= 0.3 is 11.6 Å². The number of rotatable bonds is 7. The first-order valence-corrected chi connectivity index (χ1v) is 9.10. The van der Waals surface area contributed by atoms with Crippen molar-refractivity contribution in [3.63, 3.8) is 0 Å². The smallest absolute Gasteiger partial charge is 0.370 e. The molecule has 0 aliphatic rings. The lowest BCUT2D eigenvalue weighted by atomic mass is 9.94. The van der Waals surface area contributed by atoms with Gasteiger partial charge in [-0.05, 0) is 46.7 Å². The number of nitriles is 1. The quantitative estimate of drug-likeness (QED) is 0.573. The summed E-state index contributed by atoms with van der Waals surface area (Å²) in [5.74, 6) is 0.108. The first-order valence-electron chi connectivity index (χ1n) is 8.16. The van der Waals surface area contributed by atoms with E-state index in [0.29, 0.717) is 23.7 Å². The fourth-order valence-corrected chi connectivity index (χ4v) is 3.16. The summed E-state index contributed by atoms with van der Waals surface area (Å²) in [6.07, 6.45) is 0. The third kappa shape index (κ3) is 4.10. The maximum Gasteiger partial charge on any atom is 0.370 e. The van der Waals surface area contributed by atoms with E-state index in [1.165, 1.54) is 7.11 Å². The average molecular weight is 379 g/mol. The zero-order valence-electron chi connectivity index (χ0n) is 14.6. The minimum Gasteiger partial charge on any atom is -0.489 e. The molecule has 3 rings (SSSR count). The number of para-hydroxylation sites is 1. The Labute approximate surface area is 161 Å². The number of hydrogen-bond donors (Lipinski definition) is 0. The van der Waals surface area contributed by atoms with Gasteiger partial charge in [-0.1, -0.05) is 30.3 Å². The van der Waals surface area contributed by atoms with Crippen LogP contribution >= 0.6 is 11.3 Å². The zero-order valence-corrected chi connectivity index (χ0v) is 15.4. The maximum atomic E-state index is 12.5. The van der Waals surface area contributed by atoms with Crippen LogP contribution in [0.4, 0.5) is 0 Å². The summed E-state index contributed by atoms with van der Waals surface area (Å²) in [7, 11) is 1.22. The van der Waals surface area contributed by atoms with Gasteiger partial charge in [-0.25, -0.2) is 4.79 Å². The van der Waals surface area contributed by atoms with Crippen LogP contribution in [0.2, 0.25) is 0 Å². The van der Waals surface area contributed by atoms with Crippen LogP contribution in [0.25, 0.3) is 0 Å². The largest absolute Gasteiger partial charge is 0.489 e. The standard InChI is InChI=1S/C21H17NO4S/c1-24-20(23)21(15-22,26-18-7-3-2-4-8-18)17-6-5-9-19(12-17)25-13-16-10-11-27-14-16/h2-12,14H,13H2,1H3. The molecule has 0 fully saturated rings. The van der Waals surface area contributed by atoms with Crippen molar-refractivity contribution in [3.05, 3.63) is 82.6 Å². The van der Waals surface area contributed by atoms with E-state index in [1.54, 1.807) is 59.9 Å². The number of nitrogens with zero attached hydrogens (tertiary/aromatic N) is 1. The van der Waals surface area contributed by atoms with Gasteiger partial charge in [0.15, 0.2) is 0 Å². The lowest BCUT2D eigenvalue weighted by molar-refractivity contribution is -0.155. The number of thiophene rings is 1. The van der Waals surface area contributed by atoms with Crippen LogP contribution < -0.4 is 9.47 Å². The van der Waals surface area contributed by atoms with Gasteiger partial charge in [0.05, 0.1) is 7.11 Å². The molecule has 1 heterocycles. The molecule has 0 N–H and O–H groups in total. The molecule has 0 saturated carbocycles. The van der Waals surface area contributed by atoms with Crippen molar-refractivity contribution in [3.8, 4) is 17.6 Å². The van der Waals surface area contributed by atoms with E-state index in [0.717, 1.165) is 5.56 Å². The topological polar surface area (TPSA) is 68.6 Å². The molecule has 6 heteroatoms. The van der Waals surface area contributed by atoms with Crippen molar-refractivity contribution in [1.29, 1.82) is 5.26 Å². The molecule has 0 bridgehead atoms. The summed E-state index contributed by atoms with van der Waals surface area (Å²) in [5, 5.41) is 13.8. The third-order valence-corrected chi connectivity index (χ3v) is 4.60. The highest BCUT2D eigenvalue weighted by atomic mass is 32.1. The Morgan fingerprint density at radius 2 is 1.89 bits per heavy atom. The molecule has 0 radical (unpaired) electrons. The highest BCUT2D eigenvalue weighted by Crippen LogP contribution is 2.31. The average Bonchev–Trinajstić information content (AvgIpc) is 3.24. The second kappa shape index (κ2) is 8.39. The molecule has 0 aliphatic heterocycles. The van der Waals surface area contributed by atoms with Crippen molar-refractivity contribution in [2.75, 3.05) is 7.11 Å². The summed E-state index contributed by atoms with van der Waals surface area (Å²) in [5.41, 5.74) is -0.549. The van der Waals surface area contributed by atoms with Crippen LogP contribution in [0.5, 0.6) is 11.5 Å². The molecule has 1 atom stereocenters. The summed E-state index contributed by atoms with van der Waals surface area (Å²) in [6, 6.07) is 19.4. The van der Waals surface area contributed by atoms with Crippen LogP contribution in [0.15, 0.2) is 71.4 Å². The highest BCUT2D eigenvalue weighted by molar-refractivity contribution is 7.07. The third-order valence-electron chi connectivity index (χ3n) is 3.87. The van der Waals surface area contributed by atoms with Crippen molar-refractivity contribution in [2.45, 2.75) is 12.2 Å². The van der Waals surface area contributed by atoms with Gasteiger partial charge in [0, 0.05) is 5.56 Å². The number of carbonyl (C=O) groups is 1. The van der Waals surface area contributed by atoms with Crippen LogP contribution in [0, 0.1) is 11.3 Å². The molecular formula is C21H17NO4S. The molecule has 2 aromatic carbocycles. The predicted octanol–water partition coefficient (Wildman–Crippen LogP) is 4.30. The molecule has 27 heavy (non-hydrogen) atoms. The highest BCUT2D eigenvalue weighted by Gasteiger charge is 2.45. The van der Waals surface area contributed by atoms with E-state index in [4.69, 9.17) is 14.2 Å². The Hall–Kier alpha value is -3.30. The second-order valence-electron chi connectivity index (χ2n) is 5.65. The summed E-state index contributed by atoms with van der Waals surface area (Å²) >= 11 is 1.59. The molecule has 1 aromatic heterocycles. The van der Waals surface area contributed by atoms with Crippen LogP contribution in [-0.4, -0.2) is 13.1 Å². The van der Waals surface area contributed by atoms with Crippen molar-refractivity contribution in [1.82, 2.24) is 0 Å². The second-order valence-corrected chi connectivity index (χ2v) is 6.43. The lowest BCUT2D eigenvalue weighted by Gasteiger charge is -2.25. The number of esters is 1. The fourth-order valence-electron chi connectivity index (χ4n) is 2.51. The Balaban J connectivity index is 1.93. The molecular weight excluding hydrogens is 362 g/mol. The summed E-state index contributed by atoms with van der Waals surface area (Å²) in [4.78, 5) is 12.5. The number of methoxy groups -OCH3 is 1. The Morgan fingerprint density at radius 1 is 1.11 bits per heavy atom. The van der Waals surface area contributed by atoms with E-state index < -0.39 is 11.6 Å². The zero-order chi connectivity index (χ0) is 19.1. The molecule has 0 aliphatic carbocycles. The monoisotopic (exact) mass is 379 g/mol. The van der Waals surface area contributed by atoms with E-state index in [9.17, 15) is 10.1 Å². The van der Waals surface area contributed by atoms with E-state index >= 15 is 0 Å². The normalized spacial score (nSPS) is 12.4. The minimum atomic E-state index is -1.93. The maximum absolute atomic E-state index is 12.5. The molecule has 3 aromatic rings. The first-order chi connectivity index (χ1) is 13.2. The van der Waals surface area contributed by atoms with E-state index in [2.05, 4.69) is 0 Å².